The third-order valence-corrected chi connectivity index (χ3v) is 2.09. The molecule has 0 spiro atoms. The van der Waals surface area contributed by atoms with Crippen LogP contribution in [0.2, 0.25) is 5.15 Å². The molecule has 0 radical (unpaired) electrons. The maximum atomic E-state index is 8.88. The Morgan fingerprint density at radius 1 is 1.43 bits per heavy atom. The lowest BCUT2D eigenvalue weighted by Crippen LogP contribution is -1.86. The van der Waals surface area contributed by atoms with E-state index in [4.69, 9.17) is 21.3 Å². The largest absolute Gasteiger partial charge is 0.464 e. The smallest absolute Gasteiger partial charge is 0.147 e. The van der Waals surface area contributed by atoms with Crippen molar-refractivity contribution in [3.8, 4) is 17.4 Å². The SMILES string of the molecule is N#Cc1c(-c2ccco2)ccnc1Cl. The van der Waals surface area contributed by atoms with Crippen LogP contribution in [0.15, 0.2) is 35.1 Å². The summed E-state index contributed by atoms with van der Waals surface area (Å²) in [6.07, 6.45) is 3.09. The molecule has 2 aromatic rings. The molecule has 4 heteroatoms. The van der Waals surface area contributed by atoms with E-state index in [0.29, 0.717) is 16.9 Å². The van der Waals surface area contributed by atoms with Gasteiger partial charge in [-0.15, -0.1) is 0 Å². The highest BCUT2D eigenvalue weighted by Crippen LogP contribution is 2.26. The Morgan fingerprint density at radius 2 is 2.29 bits per heavy atom. The molecule has 0 saturated carbocycles. The summed E-state index contributed by atoms with van der Waals surface area (Å²) in [7, 11) is 0. The first-order valence-corrected chi connectivity index (χ1v) is 4.29. The average molecular weight is 205 g/mol. The molecule has 68 valence electrons. The minimum atomic E-state index is 0.196. The molecular weight excluding hydrogens is 200 g/mol. The van der Waals surface area contributed by atoms with Gasteiger partial charge in [-0.1, -0.05) is 11.6 Å². The summed E-state index contributed by atoms with van der Waals surface area (Å²) in [6.45, 7) is 0. The van der Waals surface area contributed by atoms with Gasteiger partial charge in [-0.2, -0.15) is 5.26 Å². The topological polar surface area (TPSA) is 49.8 Å². The van der Waals surface area contributed by atoms with E-state index in [9.17, 15) is 0 Å². The normalized spacial score (nSPS) is 9.71. The number of nitrogens with zero attached hydrogens (tertiary/aromatic N) is 2. The van der Waals surface area contributed by atoms with Crippen molar-refractivity contribution in [2.24, 2.45) is 0 Å². The van der Waals surface area contributed by atoms with E-state index >= 15 is 0 Å². The molecule has 14 heavy (non-hydrogen) atoms. The van der Waals surface area contributed by atoms with Crippen LogP contribution in [0.5, 0.6) is 0 Å². The van der Waals surface area contributed by atoms with Crippen molar-refractivity contribution in [2.45, 2.75) is 0 Å². The van der Waals surface area contributed by atoms with E-state index < -0.39 is 0 Å². The zero-order chi connectivity index (χ0) is 9.97. The predicted octanol–water partition coefficient (Wildman–Crippen LogP) is 2.87. The fourth-order valence-electron chi connectivity index (χ4n) is 1.18. The molecule has 0 aromatic carbocycles. The van der Waals surface area contributed by atoms with Crippen LogP contribution < -0.4 is 0 Å². The third kappa shape index (κ3) is 1.36. The maximum Gasteiger partial charge on any atom is 0.147 e. The van der Waals surface area contributed by atoms with Gasteiger partial charge in [0.25, 0.3) is 0 Å². The average Bonchev–Trinajstić information content (AvgIpc) is 2.70. The fraction of sp³-hybridized carbons (Fsp3) is 0. The molecule has 0 fully saturated rings. The number of furan rings is 1. The molecule has 0 N–H and O–H groups in total. The quantitative estimate of drug-likeness (QED) is 0.671. The lowest BCUT2D eigenvalue weighted by Gasteiger charge is -2.00. The van der Waals surface area contributed by atoms with Crippen LogP contribution in [0.4, 0.5) is 0 Å². The van der Waals surface area contributed by atoms with Gasteiger partial charge in [-0.25, -0.2) is 4.98 Å². The minimum absolute atomic E-state index is 0.196. The van der Waals surface area contributed by atoms with Gasteiger partial charge in [0.05, 0.1) is 6.26 Å². The highest BCUT2D eigenvalue weighted by atomic mass is 35.5. The molecule has 0 aliphatic heterocycles. The molecule has 2 aromatic heterocycles. The molecule has 0 atom stereocenters. The number of hydrogen-bond acceptors (Lipinski definition) is 3. The zero-order valence-electron chi connectivity index (χ0n) is 7.07. The van der Waals surface area contributed by atoms with Crippen molar-refractivity contribution in [1.82, 2.24) is 4.98 Å². The summed E-state index contributed by atoms with van der Waals surface area (Å²) < 4.78 is 5.18. The van der Waals surface area contributed by atoms with Crippen molar-refractivity contribution < 1.29 is 4.42 Å². The van der Waals surface area contributed by atoms with Crippen LogP contribution in [0.3, 0.4) is 0 Å². The van der Waals surface area contributed by atoms with Crippen molar-refractivity contribution in [2.75, 3.05) is 0 Å². The first kappa shape index (κ1) is 8.79. The van der Waals surface area contributed by atoms with Crippen LogP contribution in [0.25, 0.3) is 11.3 Å². The molecule has 2 rings (SSSR count). The molecular formula is C10H5ClN2O. The number of pyridine rings is 1. The van der Waals surface area contributed by atoms with Crippen molar-refractivity contribution >= 4 is 11.6 Å². The Hall–Kier alpha value is -1.79. The summed E-state index contributed by atoms with van der Waals surface area (Å²) in [6, 6.07) is 7.22. The lowest BCUT2D eigenvalue weighted by molar-refractivity contribution is 0.582. The Labute approximate surface area is 85.6 Å². The van der Waals surface area contributed by atoms with E-state index in [1.54, 1.807) is 30.7 Å². The van der Waals surface area contributed by atoms with E-state index in [2.05, 4.69) is 4.98 Å². The van der Waals surface area contributed by atoms with Gasteiger partial charge in [0.1, 0.15) is 22.5 Å². The van der Waals surface area contributed by atoms with E-state index in [1.165, 1.54) is 0 Å². The molecule has 0 unspecified atom stereocenters. The van der Waals surface area contributed by atoms with Gasteiger partial charge in [-0.3, -0.25) is 0 Å². The molecule has 0 bridgehead atoms. The second-order valence-corrected chi connectivity index (χ2v) is 2.97. The lowest BCUT2D eigenvalue weighted by atomic mass is 10.1. The van der Waals surface area contributed by atoms with Gasteiger partial charge >= 0.3 is 0 Å². The zero-order valence-corrected chi connectivity index (χ0v) is 7.82. The Morgan fingerprint density at radius 3 is 2.93 bits per heavy atom. The monoisotopic (exact) mass is 204 g/mol. The van der Waals surface area contributed by atoms with Gasteiger partial charge in [0.2, 0.25) is 0 Å². The van der Waals surface area contributed by atoms with Crippen LogP contribution in [0.1, 0.15) is 5.56 Å². The number of rotatable bonds is 1. The number of hydrogen-bond donors (Lipinski definition) is 0. The summed E-state index contributed by atoms with van der Waals surface area (Å²) in [5.41, 5.74) is 1.00. The van der Waals surface area contributed by atoms with Crippen molar-refractivity contribution in [1.29, 1.82) is 5.26 Å². The second-order valence-electron chi connectivity index (χ2n) is 2.61. The molecule has 0 aliphatic carbocycles. The van der Waals surface area contributed by atoms with Crippen LogP contribution in [-0.4, -0.2) is 4.98 Å². The standard InChI is InChI=1S/C10H5ClN2O/c11-10-8(6-12)7(3-4-13-10)9-2-1-5-14-9/h1-5H. The maximum absolute atomic E-state index is 8.88. The molecule has 0 saturated heterocycles. The van der Waals surface area contributed by atoms with Crippen LogP contribution in [-0.2, 0) is 0 Å². The Kier molecular flexibility index (Phi) is 2.21. The molecule has 2 heterocycles. The molecule has 0 amide bonds. The first-order chi connectivity index (χ1) is 6.83. The number of nitriles is 1. The molecule has 0 aliphatic rings. The first-order valence-electron chi connectivity index (χ1n) is 3.91. The minimum Gasteiger partial charge on any atom is -0.464 e. The predicted molar refractivity (Wildman–Crippen MR) is 51.7 cm³/mol. The van der Waals surface area contributed by atoms with Gasteiger partial charge < -0.3 is 4.42 Å². The summed E-state index contributed by atoms with van der Waals surface area (Å²) in [4.78, 5) is 3.82. The number of halogens is 1. The summed E-state index contributed by atoms with van der Waals surface area (Å²) in [5.74, 6) is 0.617. The van der Waals surface area contributed by atoms with Crippen LogP contribution >= 0.6 is 11.6 Å². The Bertz CT molecular complexity index is 485. The Balaban J connectivity index is 2.66. The van der Waals surface area contributed by atoms with E-state index in [1.807, 2.05) is 6.07 Å². The van der Waals surface area contributed by atoms with Crippen molar-refractivity contribution in [3.63, 3.8) is 0 Å². The summed E-state index contributed by atoms with van der Waals surface area (Å²) in [5, 5.41) is 9.08. The van der Waals surface area contributed by atoms with Crippen molar-refractivity contribution in [3.05, 3.63) is 41.4 Å². The van der Waals surface area contributed by atoms with Gasteiger partial charge in [-0.05, 0) is 18.2 Å². The second kappa shape index (κ2) is 3.52. The molecule has 3 nitrogen and oxygen atoms in total. The van der Waals surface area contributed by atoms with Gasteiger partial charge in [0, 0.05) is 11.8 Å². The summed E-state index contributed by atoms with van der Waals surface area (Å²) >= 11 is 5.77. The van der Waals surface area contributed by atoms with E-state index in [0.717, 1.165) is 0 Å². The van der Waals surface area contributed by atoms with E-state index in [-0.39, 0.29) is 5.15 Å². The third-order valence-electron chi connectivity index (χ3n) is 1.80. The fourth-order valence-corrected chi connectivity index (χ4v) is 1.38. The van der Waals surface area contributed by atoms with Crippen LogP contribution in [0, 0.1) is 11.3 Å². The highest BCUT2D eigenvalue weighted by Gasteiger charge is 2.10. The highest BCUT2D eigenvalue weighted by molar-refractivity contribution is 6.30. The number of aromatic nitrogens is 1. The van der Waals surface area contributed by atoms with Gasteiger partial charge in [0.15, 0.2) is 0 Å².